The predicted molar refractivity (Wildman–Crippen MR) is 152 cm³/mol. The van der Waals surface area contributed by atoms with Crippen molar-refractivity contribution < 1.29 is 4.79 Å². The molecule has 0 aliphatic carbocycles. The molecule has 0 fully saturated rings. The van der Waals surface area contributed by atoms with E-state index in [2.05, 4.69) is 16.0 Å². The van der Waals surface area contributed by atoms with Crippen molar-refractivity contribution in [1.82, 2.24) is 0 Å². The molecule has 0 aliphatic rings. The Balaban J connectivity index is 1.49. The summed E-state index contributed by atoms with van der Waals surface area (Å²) in [5.41, 5.74) is 5.76. The Hall–Kier alpha value is -3.61. The minimum absolute atomic E-state index is 0.0644. The van der Waals surface area contributed by atoms with Crippen LogP contribution in [-0.2, 0) is 4.79 Å². The molecule has 0 bridgehead atoms. The van der Waals surface area contributed by atoms with Crippen molar-refractivity contribution in [1.29, 1.82) is 0 Å². The number of thioether (sulfide) groups is 1. The van der Waals surface area contributed by atoms with E-state index in [0.717, 1.165) is 33.1 Å². The van der Waals surface area contributed by atoms with E-state index in [-0.39, 0.29) is 5.91 Å². The molecule has 6 heteroatoms. The second kappa shape index (κ2) is 11.7. The van der Waals surface area contributed by atoms with E-state index < -0.39 is 5.25 Å². The molecule has 176 valence electrons. The molecule has 35 heavy (non-hydrogen) atoms. The van der Waals surface area contributed by atoms with E-state index in [4.69, 9.17) is 12.2 Å². The highest BCUT2D eigenvalue weighted by Gasteiger charge is 2.22. The molecule has 1 atom stereocenters. The molecular weight excluding hydrogens is 470 g/mol. The van der Waals surface area contributed by atoms with Gasteiger partial charge in [0.15, 0.2) is 5.11 Å². The second-order valence-electron chi connectivity index (χ2n) is 8.19. The molecule has 0 aliphatic heterocycles. The summed E-state index contributed by atoms with van der Waals surface area (Å²) in [4.78, 5) is 14.3. The van der Waals surface area contributed by atoms with Gasteiger partial charge in [-0.15, -0.1) is 11.8 Å². The van der Waals surface area contributed by atoms with Gasteiger partial charge in [-0.1, -0.05) is 72.3 Å². The molecule has 0 spiro atoms. The molecule has 0 saturated heterocycles. The average Bonchev–Trinajstić information content (AvgIpc) is 2.86. The lowest BCUT2D eigenvalue weighted by atomic mass is 10.1. The van der Waals surface area contributed by atoms with E-state index in [0.29, 0.717) is 5.11 Å². The van der Waals surface area contributed by atoms with Gasteiger partial charge in [0.05, 0.1) is 0 Å². The summed E-state index contributed by atoms with van der Waals surface area (Å²) in [5, 5.41) is 9.64. The molecular formula is C29H27N3OS2. The van der Waals surface area contributed by atoms with Gasteiger partial charge in [-0.2, -0.15) is 0 Å². The van der Waals surface area contributed by atoms with E-state index >= 15 is 0 Å². The Kier molecular flexibility index (Phi) is 8.19. The second-order valence-corrected chi connectivity index (χ2v) is 9.77. The van der Waals surface area contributed by atoms with Crippen molar-refractivity contribution in [3.63, 3.8) is 0 Å². The molecule has 0 heterocycles. The van der Waals surface area contributed by atoms with Gasteiger partial charge in [-0.05, 0) is 73.6 Å². The van der Waals surface area contributed by atoms with Crippen LogP contribution in [0.15, 0.2) is 108 Å². The van der Waals surface area contributed by atoms with Crippen LogP contribution >= 0.6 is 24.0 Å². The lowest BCUT2D eigenvalue weighted by Crippen LogP contribution is -2.20. The number of aryl methyl sites for hydroxylation is 2. The maximum absolute atomic E-state index is 13.4. The first kappa shape index (κ1) is 24.5. The van der Waals surface area contributed by atoms with E-state index in [1.54, 1.807) is 0 Å². The summed E-state index contributed by atoms with van der Waals surface area (Å²) >= 11 is 7.00. The quantitative estimate of drug-likeness (QED) is 0.181. The van der Waals surface area contributed by atoms with Gasteiger partial charge in [-0.3, -0.25) is 4.79 Å². The standard InChI is InChI=1S/C29H27N3OS2/c1-20-15-17-23(18-16-20)30-29(34)31-24-12-8-13-25(19-24)35-27(22-10-4-3-5-11-22)28(33)32-26-14-7-6-9-21(26)2/h3-19,27H,1-2H3,(H,32,33)(H2,30,31,34). The smallest absolute Gasteiger partial charge is 0.242 e. The number of para-hydroxylation sites is 1. The van der Waals surface area contributed by atoms with Crippen molar-refractivity contribution in [3.8, 4) is 0 Å². The van der Waals surface area contributed by atoms with Crippen LogP contribution in [0.4, 0.5) is 17.1 Å². The highest BCUT2D eigenvalue weighted by molar-refractivity contribution is 8.00. The predicted octanol–water partition coefficient (Wildman–Crippen LogP) is 7.58. The summed E-state index contributed by atoms with van der Waals surface area (Å²) in [5.74, 6) is -0.0644. The molecule has 4 nitrogen and oxygen atoms in total. The topological polar surface area (TPSA) is 53.2 Å². The van der Waals surface area contributed by atoms with Gasteiger partial charge in [0.1, 0.15) is 5.25 Å². The third-order valence-electron chi connectivity index (χ3n) is 5.40. The van der Waals surface area contributed by atoms with Crippen molar-refractivity contribution in [2.75, 3.05) is 16.0 Å². The van der Waals surface area contributed by atoms with Crippen LogP contribution in [0.5, 0.6) is 0 Å². The van der Waals surface area contributed by atoms with Gasteiger partial charge in [0.25, 0.3) is 0 Å². The number of hydrogen-bond donors (Lipinski definition) is 3. The number of carbonyl (C=O) groups excluding carboxylic acids is 1. The third-order valence-corrected chi connectivity index (χ3v) is 6.85. The molecule has 4 aromatic carbocycles. The fourth-order valence-electron chi connectivity index (χ4n) is 3.53. The molecule has 4 rings (SSSR count). The van der Waals surface area contributed by atoms with Crippen LogP contribution in [0, 0.1) is 13.8 Å². The zero-order valence-corrected chi connectivity index (χ0v) is 21.3. The number of hydrogen-bond acceptors (Lipinski definition) is 3. The third kappa shape index (κ3) is 6.94. The minimum Gasteiger partial charge on any atom is -0.332 e. The highest BCUT2D eigenvalue weighted by atomic mass is 32.2. The summed E-state index contributed by atoms with van der Waals surface area (Å²) in [6.45, 7) is 4.04. The normalized spacial score (nSPS) is 11.4. The summed E-state index contributed by atoms with van der Waals surface area (Å²) in [6, 6.07) is 33.6. The van der Waals surface area contributed by atoms with E-state index in [1.807, 2.05) is 117 Å². The molecule has 0 radical (unpaired) electrons. The van der Waals surface area contributed by atoms with Gasteiger partial charge >= 0.3 is 0 Å². The Labute approximate surface area is 216 Å². The van der Waals surface area contributed by atoms with Gasteiger partial charge in [0, 0.05) is 22.0 Å². The number of anilines is 3. The van der Waals surface area contributed by atoms with E-state index in [9.17, 15) is 4.79 Å². The van der Waals surface area contributed by atoms with Gasteiger partial charge in [-0.25, -0.2) is 0 Å². The number of amides is 1. The van der Waals surface area contributed by atoms with Gasteiger partial charge < -0.3 is 16.0 Å². The molecule has 1 amide bonds. The largest absolute Gasteiger partial charge is 0.332 e. The van der Waals surface area contributed by atoms with Crippen LogP contribution in [0.25, 0.3) is 0 Å². The summed E-state index contributed by atoms with van der Waals surface area (Å²) in [7, 11) is 0. The monoisotopic (exact) mass is 497 g/mol. The average molecular weight is 498 g/mol. The van der Waals surface area contributed by atoms with Gasteiger partial charge in [0.2, 0.25) is 5.91 Å². The van der Waals surface area contributed by atoms with Crippen LogP contribution in [0.3, 0.4) is 0 Å². The number of carbonyl (C=O) groups is 1. The van der Waals surface area contributed by atoms with Crippen LogP contribution in [0.2, 0.25) is 0 Å². The number of benzene rings is 4. The zero-order chi connectivity index (χ0) is 24.6. The SMILES string of the molecule is Cc1ccc(NC(=S)Nc2cccc(SC(C(=O)Nc3ccccc3C)c3ccccc3)c2)cc1. The number of thiocarbonyl (C=S) groups is 1. The Morgan fingerprint density at radius 1 is 0.743 bits per heavy atom. The number of rotatable bonds is 7. The zero-order valence-electron chi connectivity index (χ0n) is 19.6. The molecule has 0 saturated carbocycles. The molecule has 3 N–H and O–H groups in total. The summed E-state index contributed by atoms with van der Waals surface area (Å²) < 4.78 is 0. The van der Waals surface area contributed by atoms with Crippen LogP contribution in [-0.4, -0.2) is 11.0 Å². The number of nitrogens with one attached hydrogen (secondary N) is 3. The van der Waals surface area contributed by atoms with Crippen molar-refractivity contribution in [2.45, 2.75) is 24.0 Å². The first-order valence-corrected chi connectivity index (χ1v) is 12.6. The molecule has 1 unspecified atom stereocenters. The molecule has 0 aromatic heterocycles. The lowest BCUT2D eigenvalue weighted by molar-refractivity contribution is -0.115. The fraction of sp³-hybridized carbons (Fsp3) is 0.103. The van der Waals surface area contributed by atoms with Crippen LogP contribution < -0.4 is 16.0 Å². The maximum atomic E-state index is 13.4. The highest BCUT2D eigenvalue weighted by Crippen LogP contribution is 2.37. The van der Waals surface area contributed by atoms with E-state index in [1.165, 1.54) is 17.3 Å². The Morgan fingerprint density at radius 3 is 2.17 bits per heavy atom. The summed E-state index contributed by atoms with van der Waals surface area (Å²) in [6.07, 6.45) is 0. The maximum Gasteiger partial charge on any atom is 0.242 e. The van der Waals surface area contributed by atoms with Crippen molar-refractivity contribution in [3.05, 3.63) is 120 Å². The Bertz CT molecular complexity index is 1310. The van der Waals surface area contributed by atoms with Crippen LogP contribution in [0.1, 0.15) is 21.9 Å². The minimum atomic E-state index is -0.413. The van der Waals surface area contributed by atoms with Crippen molar-refractivity contribution in [2.24, 2.45) is 0 Å². The Morgan fingerprint density at radius 2 is 1.43 bits per heavy atom. The first-order valence-electron chi connectivity index (χ1n) is 11.3. The molecule has 4 aromatic rings. The lowest BCUT2D eigenvalue weighted by Gasteiger charge is -2.18. The fourth-order valence-corrected chi connectivity index (χ4v) is 4.84. The van der Waals surface area contributed by atoms with Crippen molar-refractivity contribution >= 4 is 52.1 Å². The first-order chi connectivity index (χ1) is 17.0.